The largest absolute Gasteiger partial charge is 0.491 e. The average molecular weight is 440 g/mol. The molecule has 1 fully saturated rings. The number of benzene rings is 2. The maximum atomic E-state index is 12.8. The minimum absolute atomic E-state index is 0.0321. The summed E-state index contributed by atoms with van der Waals surface area (Å²) in [5.41, 5.74) is 2.05. The van der Waals surface area contributed by atoms with Crippen molar-refractivity contribution in [3.63, 3.8) is 0 Å². The van der Waals surface area contributed by atoms with E-state index in [1.807, 2.05) is 36.1 Å². The van der Waals surface area contributed by atoms with Crippen LogP contribution in [-0.4, -0.2) is 56.2 Å². The minimum Gasteiger partial charge on any atom is -0.491 e. The zero-order chi connectivity index (χ0) is 22.6. The Morgan fingerprint density at radius 3 is 2.41 bits per heavy atom. The van der Waals surface area contributed by atoms with Crippen molar-refractivity contribution >= 4 is 23.2 Å². The van der Waals surface area contributed by atoms with Gasteiger partial charge in [-0.1, -0.05) is 18.9 Å². The van der Waals surface area contributed by atoms with Gasteiger partial charge in [-0.3, -0.25) is 9.59 Å². The van der Waals surface area contributed by atoms with Crippen molar-refractivity contribution < 1.29 is 19.1 Å². The molecule has 3 rings (SSSR count). The Balaban J connectivity index is 1.46. The molecule has 0 saturated carbocycles. The van der Waals surface area contributed by atoms with Gasteiger partial charge >= 0.3 is 0 Å². The molecule has 32 heavy (non-hydrogen) atoms. The molecule has 0 bridgehead atoms. The highest BCUT2D eigenvalue weighted by Gasteiger charge is 2.17. The Kier molecular flexibility index (Phi) is 9.37. The third-order valence-corrected chi connectivity index (χ3v) is 5.29. The molecule has 2 aromatic carbocycles. The maximum absolute atomic E-state index is 12.8. The van der Waals surface area contributed by atoms with Crippen LogP contribution in [0, 0.1) is 0 Å². The van der Waals surface area contributed by atoms with Crippen molar-refractivity contribution in [2.75, 3.05) is 50.1 Å². The Bertz CT molecular complexity index is 862. The van der Waals surface area contributed by atoms with E-state index in [1.165, 1.54) is 12.8 Å². The van der Waals surface area contributed by atoms with Gasteiger partial charge in [0, 0.05) is 36.6 Å². The first kappa shape index (κ1) is 23.6. The van der Waals surface area contributed by atoms with E-state index >= 15 is 0 Å². The van der Waals surface area contributed by atoms with Crippen molar-refractivity contribution in [1.29, 1.82) is 0 Å². The fourth-order valence-electron chi connectivity index (χ4n) is 3.61. The first-order valence-corrected chi connectivity index (χ1v) is 11.4. The van der Waals surface area contributed by atoms with Crippen LogP contribution in [0.2, 0.25) is 0 Å². The van der Waals surface area contributed by atoms with Crippen molar-refractivity contribution in [2.45, 2.75) is 32.6 Å². The van der Waals surface area contributed by atoms with E-state index in [1.54, 1.807) is 24.3 Å². The number of likely N-dealkylation sites (tertiary alicyclic amines) is 1. The molecule has 7 heteroatoms. The van der Waals surface area contributed by atoms with Gasteiger partial charge in [0.1, 0.15) is 12.4 Å². The molecule has 2 N–H and O–H groups in total. The molecule has 1 aliphatic rings. The number of amides is 2. The first-order chi connectivity index (χ1) is 15.7. The van der Waals surface area contributed by atoms with E-state index in [0.717, 1.165) is 37.4 Å². The van der Waals surface area contributed by atoms with Crippen LogP contribution in [0.5, 0.6) is 5.75 Å². The topological polar surface area (TPSA) is 79.9 Å². The molecule has 172 valence electrons. The molecule has 7 nitrogen and oxygen atoms in total. The molecule has 1 aliphatic heterocycles. The zero-order valence-corrected chi connectivity index (χ0v) is 18.8. The molecule has 2 amide bonds. The quantitative estimate of drug-likeness (QED) is 0.543. The molecule has 0 spiro atoms. The second-order valence-electron chi connectivity index (χ2n) is 7.76. The molecular formula is C25H33N3O4. The molecule has 2 aromatic rings. The summed E-state index contributed by atoms with van der Waals surface area (Å²) in [6.07, 6.45) is 4.45. The number of hydrogen-bond acceptors (Lipinski definition) is 5. The van der Waals surface area contributed by atoms with Crippen molar-refractivity contribution in [2.24, 2.45) is 0 Å². The predicted octanol–water partition coefficient (Wildman–Crippen LogP) is 4.17. The summed E-state index contributed by atoms with van der Waals surface area (Å²) < 4.78 is 10.8. The van der Waals surface area contributed by atoms with Crippen LogP contribution in [0.25, 0.3) is 0 Å². The number of hydrogen-bond donors (Lipinski definition) is 2. The fourth-order valence-corrected chi connectivity index (χ4v) is 3.61. The summed E-state index contributed by atoms with van der Waals surface area (Å²) in [7, 11) is 0. The van der Waals surface area contributed by atoms with Gasteiger partial charge in [0.05, 0.1) is 13.2 Å². The highest BCUT2D eigenvalue weighted by molar-refractivity contribution is 5.98. The van der Waals surface area contributed by atoms with Crippen LogP contribution >= 0.6 is 0 Å². The van der Waals surface area contributed by atoms with Crippen molar-refractivity contribution in [3.8, 4) is 5.75 Å². The highest BCUT2D eigenvalue weighted by atomic mass is 16.5. The molecule has 0 aliphatic carbocycles. The molecule has 0 radical (unpaired) electrons. The van der Waals surface area contributed by atoms with E-state index in [2.05, 4.69) is 10.6 Å². The number of anilines is 2. The van der Waals surface area contributed by atoms with Gasteiger partial charge < -0.3 is 25.0 Å². The smallest absolute Gasteiger partial charge is 0.253 e. The molecule has 0 unspecified atom stereocenters. The summed E-state index contributed by atoms with van der Waals surface area (Å²) >= 11 is 0. The number of carbonyl (C=O) groups is 2. The summed E-state index contributed by atoms with van der Waals surface area (Å²) in [6, 6.07) is 14.6. The third-order valence-electron chi connectivity index (χ3n) is 5.29. The number of nitrogens with one attached hydrogen (secondary N) is 2. The van der Waals surface area contributed by atoms with Gasteiger partial charge in [0.25, 0.3) is 5.91 Å². The van der Waals surface area contributed by atoms with Crippen LogP contribution in [-0.2, 0) is 9.53 Å². The van der Waals surface area contributed by atoms with E-state index in [-0.39, 0.29) is 18.4 Å². The van der Waals surface area contributed by atoms with Gasteiger partial charge in [-0.05, 0) is 62.2 Å². The van der Waals surface area contributed by atoms with Gasteiger partial charge in [-0.15, -0.1) is 0 Å². The molecule has 1 saturated heterocycles. The lowest BCUT2D eigenvalue weighted by Crippen LogP contribution is -2.31. The second-order valence-corrected chi connectivity index (χ2v) is 7.76. The SMILES string of the molecule is CCOCCOc1ccc(NCC(=O)Nc2cccc(C(=O)N3CCCCCC3)c2)cc1. The molecular weight excluding hydrogens is 406 g/mol. The average Bonchev–Trinajstić information content (AvgIpc) is 3.11. The summed E-state index contributed by atoms with van der Waals surface area (Å²) in [4.78, 5) is 27.1. The fraction of sp³-hybridized carbons (Fsp3) is 0.440. The monoisotopic (exact) mass is 439 g/mol. The molecule has 0 aromatic heterocycles. The summed E-state index contributed by atoms with van der Waals surface area (Å²) in [5, 5.41) is 5.96. The van der Waals surface area contributed by atoms with Crippen molar-refractivity contribution in [3.05, 3.63) is 54.1 Å². The predicted molar refractivity (Wildman–Crippen MR) is 126 cm³/mol. The van der Waals surface area contributed by atoms with Crippen LogP contribution in [0.3, 0.4) is 0 Å². The first-order valence-electron chi connectivity index (χ1n) is 11.4. The summed E-state index contributed by atoms with van der Waals surface area (Å²) in [5.74, 6) is 0.608. The van der Waals surface area contributed by atoms with E-state index in [9.17, 15) is 9.59 Å². The lowest BCUT2D eigenvalue weighted by atomic mass is 10.1. The van der Waals surface area contributed by atoms with E-state index < -0.39 is 0 Å². The Morgan fingerprint density at radius 2 is 1.69 bits per heavy atom. The normalized spacial score (nSPS) is 13.8. The highest BCUT2D eigenvalue weighted by Crippen LogP contribution is 2.17. The van der Waals surface area contributed by atoms with Crippen LogP contribution < -0.4 is 15.4 Å². The summed E-state index contributed by atoms with van der Waals surface area (Å²) in [6.45, 7) is 5.40. The number of nitrogens with zero attached hydrogens (tertiary/aromatic N) is 1. The standard InChI is InChI=1S/C25H33N3O4/c1-2-31-16-17-32-23-12-10-21(11-13-23)26-19-24(29)27-22-9-7-8-20(18-22)25(30)28-14-5-3-4-6-15-28/h7-13,18,26H,2-6,14-17,19H2,1H3,(H,27,29). The lowest BCUT2D eigenvalue weighted by Gasteiger charge is -2.20. The Hall–Kier alpha value is -3.06. The van der Waals surface area contributed by atoms with Crippen LogP contribution in [0.4, 0.5) is 11.4 Å². The Morgan fingerprint density at radius 1 is 0.938 bits per heavy atom. The van der Waals surface area contributed by atoms with Gasteiger partial charge in [0.2, 0.25) is 5.91 Å². The van der Waals surface area contributed by atoms with Gasteiger partial charge in [-0.2, -0.15) is 0 Å². The van der Waals surface area contributed by atoms with Crippen molar-refractivity contribution in [1.82, 2.24) is 4.90 Å². The number of ether oxygens (including phenoxy) is 2. The Labute approximate surface area is 190 Å². The van der Waals surface area contributed by atoms with Gasteiger partial charge in [0.15, 0.2) is 0 Å². The molecule has 0 atom stereocenters. The van der Waals surface area contributed by atoms with Crippen LogP contribution in [0.15, 0.2) is 48.5 Å². The van der Waals surface area contributed by atoms with Gasteiger partial charge in [-0.25, -0.2) is 0 Å². The van der Waals surface area contributed by atoms with E-state index in [0.29, 0.717) is 31.1 Å². The second kappa shape index (κ2) is 12.7. The zero-order valence-electron chi connectivity index (χ0n) is 18.8. The lowest BCUT2D eigenvalue weighted by molar-refractivity contribution is -0.114. The van der Waals surface area contributed by atoms with Crippen LogP contribution in [0.1, 0.15) is 43.0 Å². The molecule has 1 heterocycles. The number of carbonyl (C=O) groups excluding carboxylic acids is 2. The maximum Gasteiger partial charge on any atom is 0.253 e. The number of rotatable bonds is 10. The minimum atomic E-state index is -0.179. The van der Waals surface area contributed by atoms with E-state index in [4.69, 9.17) is 9.47 Å². The third kappa shape index (κ3) is 7.57.